The largest absolute Gasteiger partial charge is 0.433 e. The van der Waals surface area contributed by atoms with Crippen LogP contribution in [-0.2, 0) is 17.5 Å². The van der Waals surface area contributed by atoms with Crippen LogP contribution in [0.3, 0.4) is 0 Å². The summed E-state index contributed by atoms with van der Waals surface area (Å²) in [6.45, 7) is 2.19. The predicted molar refractivity (Wildman–Crippen MR) is 77.6 cm³/mol. The van der Waals surface area contributed by atoms with Gasteiger partial charge in [0.05, 0.1) is 12.2 Å². The molecular formula is C16H21F3N2O2. The van der Waals surface area contributed by atoms with E-state index < -0.39 is 11.9 Å². The highest BCUT2D eigenvalue weighted by Crippen LogP contribution is 2.50. The van der Waals surface area contributed by atoms with E-state index in [0.717, 1.165) is 37.6 Å². The number of nitrogens with zero attached hydrogens (tertiary/aromatic N) is 2. The third kappa shape index (κ3) is 3.09. The number of rotatable bonds is 3. The smallest absolute Gasteiger partial charge is 0.392 e. The maximum absolute atomic E-state index is 12.5. The quantitative estimate of drug-likeness (QED) is 0.925. The summed E-state index contributed by atoms with van der Waals surface area (Å²) in [4.78, 5) is 5.68. The standard InChI is InChI=1S/C16H21F3N2O2/c1-23-14-8-13(22)15(14)4-6-21(7-5-15)10-11-2-3-12(20-9-11)16(17,18)19/h2-3,9,13-14,22H,4-8,10H2,1H3/t13-,14+/m0/s1. The van der Waals surface area contributed by atoms with Crippen molar-refractivity contribution in [2.24, 2.45) is 5.41 Å². The van der Waals surface area contributed by atoms with Crippen LogP contribution in [0, 0.1) is 5.41 Å². The van der Waals surface area contributed by atoms with Crippen molar-refractivity contribution >= 4 is 0 Å². The number of likely N-dealkylation sites (tertiary alicyclic amines) is 1. The maximum Gasteiger partial charge on any atom is 0.433 e. The molecule has 1 aromatic heterocycles. The molecule has 3 rings (SSSR count). The van der Waals surface area contributed by atoms with E-state index >= 15 is 0 Å². The maximum atomic E-state index is 12.5. The van der Waals surface area contributed by atoms with Crippen LogP contribution in [0.5, 0.6) is 0 Å². The Balaban J connectivity index is 1.57. The molecule has 0 unspecified atom stereocenters. The van der Waals surface area contributed by atoms with Gasteiger partial charge in [0.15, 0.2) is 0 Å². The lowest BCUT2D eigenvalue weighted by Gasteiger charge is -2.56. The van der Waals surface area contributed by atoms with Crippen LogP contribution in [0.1, 0.15) is 30.5 Å². The molecule has 1 saturated heterocycles. The SMILES string of the molecule is CO[C@@H]1C[C@H](O)C12CCN(Cc1ccc(C(F)(F)F)nc1)CC2. The summed E-state index contributed by atoms with van der Waals surface area (Å²) < 4.78 is 43.0. The monoisotopic (exact) mass is 330 g/mol. The van der Waals surface area contributed by atoms with Crippen molar-refractivity contribution in [3.63, 3.8) is 0 Å². The van der Waals surface area contributed by atoms with Gasteiger partial charge < -0.3 is 9.84 Å². The fourth-order valence-corrected chi connectivity index (χ4v) is 3.78. The molecule has 1 spiro atoms. The van der Waals surface area contributed by atoms with E-state index in [9.17, 15) is 18.3 Å². The van der Waals surface area contributed by atoms with E-state index in [2.05, 4.69) is 9.88 Å². The molecule has 23 heavy (non-hydrogen) atoms. The highest BCUT2D eigenvalue weighted by atomic mass is 19.4. The summed E-state index contributed by atoms with van der Waals surface area (Å²) in [7, 11) is 1.68. The molecule has 1 N–H and O–H groups in total. The highest BCUT2D eigenvalue weighted by molar-refractivity contribution is 5.16. The minimum Gasteiger partial charge on any atom is -0.392 e. The average Bonchev–Trinajstić information content (AvgIpc) is 2.53. The fourth-order valence-electron chi connectivity index (χ4n) is 3.78. The van der Waals surface area contributed by atoms with Gasteiger partial charge in [0.25, 0.3) is 0 Å². The van der Waals surface area contributed by atoms with Gasteiger partial charge in [0, 0.05) is 31.7 Å². The number of ether oxygens (including phenoxy) is 1. The van der Waals surface area contributed by atoms with Gasteiger partial charge in [-0.1, -0.05) is 6.07 Å². The molecular weight excluding hydrogens is 309 g/mol. The first-order valence-corrected chi connectivity index (χ1v) is 7.80. The molecule has 1 aromatic rings. The Morgan fingerprint density at radius 3 is 2.52 bits per heavy atom. The fraction of sp³-hybridized carbons (Fsp3) is 0.688. The number of pyridine rings is 1. The number of hydrogen-bond donors (Lipinski definition) is 1. The van der Waals surface area contributed by atoms with Gasteiger partial charge in [-0.2, -0.15) is 13.2 Å². The first-order chi connectivity index (χ1) is 10.8. The minimum atomic E-state index is -4.40. The third-order valence-corrected chi connectivity index (χ3v) is 5.34. The Hall–Kier alpha value is -1.18. The number of halogens is 3. The van der Waals surface area contributed by atoms with Crippen molar-refractivity contribution < 1.29 is 23.0 Å². The Labute approximate surface area is 133 Å². The zero-order valence-electron chi connectivity index (χ0n) is 13.0. The van der Waals surface area contributed by atoms with Crippen LogP contribution in [0.25, 0.3) is 0 Å². The van der Waals surface area contributed by atoms with Crippen molar-refractivity contribution in [2.75, 3.05) is 20.2 Å². The molecule has 0 amide bonds. The predicted octanol–water partition coefficient (Wildman–Crippen LogP) is 2.46. The number of aliphatic hydroxyl groups is 1. The van der Waals surface area contributed by atoms with Crippen LogP contribution in [0.2, 0.25) is 0 Å². The van der Waals surface area contributed by atoms with Gasteiger partial charge >= 0.3 is 6.18 Å². The van der Waals surface area contributed by atoms with Crippen molar-refractivity contribution in [3.8, 4) is 0 Å². The Morgan fingerprint density at radius 1 is 1.35 bits per heavy atom. The summed E-state index contributed by atoms with van der Waals surface area (Å²) in [6.07, 6.45) is -0.898. The lowest BCUT2D eigenvalue weighted by atomic mass is 9.58. The number of piperidine rings is 1. The van der Waals surface area contributed by atoms with Crippen molar-refractivity contribution in [1.29, 1.82) is 0 Å². The van der Waals surface area contributed by atoms with Crippen molar-refractivity contribution in [2.45, 2.75) is 44.2 Å². The van der Waals surface area contributed by atoms with Crippen LogP contribution in [0.4, 0.5) is 13.2 Å². The molecule has 4 nitrogen and oxygen atoms in total. The zero-order chi connectivity index (χ0) is 16.7. The van der Waals surface area contributed by atoms with Crippen LogP contribution >= 0.6 is 0 Å². The van der Waals surface area contributed by atoms with Gasteiger partial charge in [-0.3, -0.25) is 9.88 Å². The minimum absolute atomic E-state index is 0.118. The molecule has 1 aliphatic carbocycles. The molecule has 2 heterocycles. The van der Waals surface area contributed by atoms with Gasteiger partial charge in [0.2, 0.25) is 0 Å². The molecule has 1 saturated carbocycles. The number of aromatic nitrogens is 1. The molecule has 2 fully saturated rings. The molecule has 2 aliphatic rings. The Bertz CT molecular complexity index is 539. The molecule has 0 aromatic carbocycles. The van der Waals surface area contributed by atoms with E-state index in [-0.39, 0.29) is 17.6 Å². The van der Waals surface area contributed by atoms with E-state index in [1.165, 1.54) is 12.3 Å². The number of hydrogen-bond acceptors (Lipinski definition) is 4. The number of alkyl halides is 3. The second-order valence-electron chi connectivity index (χ2n) is 6.53. The summed E-state index contributed by atoms with van der Waals surface area (Å²) in [5.74, 6) is 0. The van der Waals surface area contributed by atoms with E-state index in [4.69, 9.17) is 4.74 Å². The summed E-state index contributed by atoms with van der Waals surface area (Å²) in [5, 5.41) is 10.1. The Kier molecular flexibility index (Phi) is 4.37. The summed E-state index contributed by atoms with van der Waals surface area (Å²) in [6, 6.07) is 2.51. The normalized spacial score (nSPS) is 27.9. The average molecular weight is 330 g/mol. The molecule has 7 heteroatoms. The number of aliphatic hydroxyl groups excluding tert-OH is 1. The molecule has 0 bridgehead atoms. The first-order valence-electron chi connectivity index (χ1n) is 7.80. The van der Waals surface area contributed by atoms with Crippen molar-refractivity contribution in [1.82, 2.24) is 9.88 Å². The Morgan fingerprint density at radius 2 is 2.04 bits per heavy atom. The molecule has 2 atom stereocenters. The van der Waals surface area contributed by atoms with Gasteiger partial charge in [-0.25, -0.2) is 0 Å². The van der Waals surface area contributed by atoms with E-state index in [1.807, 2.05) is 0 Å². The second kappa shape index (κ2) is 6.03. The lowest BCUT2D eigenvalue weighted by molar-refractivity contribution is -0.201. The molecule has 1 aliphatic heterocycles. The summed E-state index contributed by atoms with van der Waals surface area (Å²) in [5.41, 5.74) is -0.227. The molecule has 0 radical (unpaired) electrons. The second-order valence-corrected chi connectivity index (χ2v) is 6.53. The van der Waals surface area contributed by atoms with Gasteiger partial charge in [0.1, 0.15) is 5.69 Å². The van der Waals surface area contributed by atoms with E-state index in [0.29, 0.717) is 13.0 Å². The zero-order valence-corrected chi connectivity index (χ0v) is 13.0. The van der Waals surface area contributed by atoms with Gasteiger partial charge in [-0.05, 0) is 37.6 Å². The van der Waals surface area contributed by atoms with Crippen LogP contribution in [0.15, 0.2) is 18.3 Å². The topological polar surface area (TPSA) is 45.6 Å². The highest BCUT2D eigenvalue weighted by Gasteiger charge is 2.55. The van der Waals surface area contributed by atoms with Crippen LogP contribution < -0.4 is 0 Å². The van der Waals surface area contributed by atoms with E-state index in [1.54, 1.807) is 7.11 Å². The van der Waals surface area contributed by atoms with Crippen LogP contribution in [-0.4, -0.2) is 47.4 Å². The van der Waals surface area contributed by atoms with Gasteiger partial charge in [-0.15, -0.1) is 0 Å². The van der Waals surface area contributed by atoms with Crippen molar-refractivity contribution in [3.05, 3.63) is 29.6 Å². The number of methoxy groups -OCH3 is 1. The lowest BCUT2D eigenvalue weighted by Crippen LogP contribution is -2.61. The molecule has 128 valence electrons. The first kappa shape index (κ1) is 16.7. The third-order valence-electron chi connectivity index (χ3n) is 5.34. The summed E-state index contributed by atoms with van der Waals surface area (Å²) >= 11 is 0.